The molecular weight excluding hydrogens is 163 g/mol. The maximum atomic E-state index is 12.6. The van der Waals surface area contributed by atoms with Gasteiger partial charge in [0.2, 0.25) is 0 Å². The van der Waals surface area contributed by atoms with Crippen molar-refractivity contribution in [3.63, 3.8) is 0 Å². The highest BCUT2D eigenvalue weighted by Gasteiger charge is 2.07. The van der Waals surface area contributed by atoms with Crippen molar-refractivity contribution < 1.29 is 4.39 Å². The molecule has 1 heteroatoms. The molecule has 0 aliphatic carbocycles. The summed E-state index contributed by atoms with van der Waals surface area (Å²) in [5.74, 6) is 0.810. The van der Waals surface area contributed by atoms with Crippen LogP contribution in [-0.2, 0) is 6.42 Å². The van der Waals surface area contributed by atoms with Crippen LogP contribution < -0.4 is 0 Å². The molecule has 13 heavy (non-hydrogen) atoms. The summed E-state index contributed by atoms with van der Waals surface area (Å²) in [7, 11) is 0. The summed E-state index contributed by atoms with van der Waals surface area (Å²) in [4.78, 5) is 0. The topological polar surface area (TPSA) is 0 Å². The lowest BCUT2D eigenvalue weighted by molar-refractivity contribution is 0.459. The maximum absolute atomic E-state index is 12.6. The highest BCUT2D eigenvalue weighted by molar-refractivity contribution is 5.16. The molecule has 0 aliphatic rings. The molecule has 0 amide bonds. The molecule has 1 atom stereocenters. The van der Waals surface area contributed by atoms with Gasteiger partial charge in [0, 0.05) is 0 Å². The van der Waals surface area contributed by atoms with Gasteiger partial charge in [-0.2, -0.15) is 0 Å². The van der Waals surface area contributed by atoms with Gasteiger partial charge in [0.05, 0.1) is 0 Å². The van der Waals surface area contributed by atoms with Crippen LogP contribution in [0, 0.1) is 24.6 Å². The van der Waals surface area contributed by atoms with Crippen LogP contribution in [0.5, 0.6) is 0 Å². The van der Waals surface area contributed by atoms with Crippen LogP contribution in [0.2, 0.25) is 0 Å². The van der Waals surface area contributed by atoms with Crippen molar-refractivity contribution in [3.05, 3.63) is 42.6 Å². The lowest BCUT2D eigenvalue weighted by Crippen LogP contribution is -2.07. The van der Waals surface area contributed by atoms with Crippen LogP contribution in [0.1, 0.15) is 19.4 Å². The van der Waals surface area contributed by atoms with E-state index in [0.717, 1.165) is 12.0 Å². The molecule has 1 aromatic rings. The summed E-state index contributed by atoms with van der Waals surface area (Å²) in [6, 6.07) is 6.66. The van der Waals surface area contributed by atoms with E-state index in [-0.39, 0.29) is 5.82 Å². The van der Waals surface area contributed by atoms with E-state index in [4.69, 9.17) is 0 Å². The monoisotopic (exact) mass is 179 g/mol. The van der Waals surface area contributed by atoms with E-state index in [2.05, 4.69) is 20.8 Å². The van der Waals surface area contributed by atoms with E-state index in [0.29, 0.717) is 11.8 Å². The number of benzene rings is 1. The van der Waals surface area contributed by atoms with Crippen molar-refractivity contribution in [2.45, 2.75) is 20.3 Å². The van der Waals surface area contributed by atoms with Gasteiger partial charge in [0.25, 0.3) is 0 Å². The Bertz CT molecular complexity index is 248. The molecule has 1 radical (unpaired) electrons. The minimum Gasteiger partial charge on any atom is -0.207 e. The Morgan fingerprint density at radius 3 is 2.23 bits per heavy atom. The average molecular weight is 179 g/mol. The van der Waals surface area contributed by atoms with Crippen LogP contribution in [0.25, 0.3) is 0 Å². The van der Waals surface area contributed by atoms with Crippen LogP contribution >= 0.6 is 0 Å². The molecule has 0 nitrogen and oxygen atoms in total. The first kappa shape index (κ1) is 10.2. The Morgan fingerprint density at radius 1 is 1.23 bits per heavy atom. The lowest BCUT2D eigenvalue weighted by atomic mass is 9.91. The SMILES string of the molecule is [CH2]C(Cc1ccc(F)cc1)C(C)C. The third-order valence-electron chi connectivity index (χ3n) is 2.35. The van der Waals surface area contributed by atoms with Crippen molar-refractivity contribution in [3.8, 4) is 0 Å². The fourth-order valence-corrected chi connectivity index (χ4v) is 1.16. The van der Waals surface area contributed by atoms with E-state index in [9.17, 15) is 4.39 Å². The van der Waals surface area contributed by atoms with E-state index in [1.807, 2.05) is 12.1 Å². The third-order valence-corrected chi connectivity index (χ3v) is 2.35. The molecule has 0 bridgehead atoms. The summed E-state index contributed by atoms with van der Waals surface area (Å²) in [6.07, 6.45) is 0.929. The van der Waals surface area contributed by atoms with E-state index in [1.165, 1.54) is 12.1 Å². The molecule has 1 unspecified atom stereocenters. The molecule has 0 fully saturated rings. The minimum absolute atomic E-state index is 0.172. The smallest absolute Gasteiger partial charge is 0.123 e. The Hall–Kier alpha value is -0.850. The van der Waals surface area contributed by atoms with Gasteiger partial charge in [0.15, 0.2) is 0 Å². The van der Waals surface area contributed by atoms with Gasteiger partial charge < -0.3 is 0 Å². The fourth-order valence-electron chi connectivity index (χ4n) is 1.16. The molecule has 0 spiro atoms. The Labute approximate surface area is 79.8 Å². The molecule has 0 heterocycles. The second-order valence-corrected chi connectivity index (χ2v) is 3.83. The standard InChI is InChI=1S/C12H16F/c1-9(2)10(3)8-11-4-6-12(13)7-5-11/h4-7,9-10H,3,8H2,1-2H3. The summed E-state index contributed by atoms with van der Waals surface area (Å²) < 4.78 is 12.6. The van der Waals surface area contributed by atoms with Gasteiger partial charge in [-0.3, -0.25) is 0 Å². The van der Waals surface area contributed by atoms with Crippen molar-refractivity contribution in [2.75, 3.05) is 0 Å². The highest BCUT2D eigenvalue weighted by Crippen LogP contribution is 2.16. The summed E-state index contributed by atoms with van der Waals surface area (Å²) in [5.41, 5.74) is 1.16. The van der Waals surface area contributed by atoms with Crippen LogP contribution in [-0.4, -0.2) is 0 Å². The first-order valence-electron chi connectivity index (χ1n) is 4.67. The first-order chi connectivity index (χ1) is 6.09. The predicted molar refractivity (Wildman–Crippen MR) is 53.8 cm³/mol. The van der Waals surface area contributed by atoms with Crippen LogP contribution in [0.3, 0.4) is 0 Å². The number of rotatable bonds is 3. The van der Waals surface area contributed by atoms with Crippen molar-refractivity contribution in [2.24, 2.45) is 11.8 Å². The Morgan fingerprint density at radius 2 is 1.77 bits per heavy atom. The van der Waals surface area contributed by atoms with Gasteiger partial charge in [-0.05, 0) is 42.9 Å². The van der Waals surface area contributed by atoms with E-state index >= 15 is 0 Å². The van der Waals surface area contributed by atoms with Crippen molar-refractivity contribution in [1.29, 1.82) is 0 Å². The van der Waals surface area contributed by atoms with Gasteiger partial charge in [-0.15, -0.1) is 0 Å². The maximum Gasteiger partial charge on any atom is 0.123 e. The average Bonchev–Trinajstić information content (AvgIpc) is 2.08. The normalized spacial score (nSPS) is 13.3. The summed E-state index contributed by atoms with van der Waals surface area (Å²) in [5, 5.41) is 0. The Balaban J connectivity index is 2.59. The third kappa shape index (κ3) is 3.17. The zero-order valence-electron chi connectivity index (χ0n) is 8.26. The van der Waals surface area contributed by atoms with Crippen LogP contribution in [0.15, 0.2) is 24.3 Å². The molecule has 71 valence electrons. The van der Waals surface area contributed by atoms with Gasteiger partial charge in [-0.25, -0.2) is 4.39 Å². The lowest BCUT2D eigenvalue weighted by Gasteiger charge is -2.14. The number of hydrogen-bond acceptors (Lipinski definition) is 0. The fraction of sp³-hybridized carbons (Fsp3) is 0.417. The summed E-state index contributed by atoms with van der Waals surface area (Å²) in [6.45, 7) is 8.37. The highest BCUT2D eigenvalue weighted by atomic mass is 19.1. The molecule has 0 aromatic heterocycles. The predicted octanol–water partition coefficient (Wildman–Crippen LogP) is 3.47. The molecule has 0 saturated carbocycles. The second-order valence-electron chi connectivity index (χ2n) is 3.83. The molecule has 1 rings (SSSR count). The largest absolute Gasteiger partial charge is 0.207 e. The minimum atomic E-state index is -0.172. The molecule has 0 saturated heterocycles. The van der Waals surface area contributed by atoms with Crippen LogP contribution in [0.4, 0.5) is 4.39 Å². The zero-order valence-corrected chi connectivity index (χ0v) is 8.26. The molecular formula is C12H16F. The summed E-state index contributed by atoms with van der Waals surface area (Å²) >= 11 is 0. The quantitative estimate of drug-likeness (QED) is 0.666. The van der Waals surface area contributed by atoms with Crippen molar-refractivity contribution >= 4 is 0 Å². The number of hydrogen-bond donors (Lipinski definition) is 0. The zero-order chi connectivity index (χ0) is 9.84. The van der Waals surface area contributed by atoms with Gasteiger partial charge >= 0.3 is 0 Å². The van der Waals surface area contributed by atoms with Crippen molar-refractivity contribution in [1.82, 2.24) is 0 Å². The first-order valence-corrected chi connectivity index (χ1v) is 4.67. The number of halogens is 1. The van der Waals surface area contributed by atoms with E-state index in [1.54, 1.807) is 0 Å². The van der Waals surface area contributed by atoms with Gasteiger partial charge in [-0.1, -0.05) is 26.0 Å². The Kier molecular flexibility index (Phi) is 3.47. The van der Waals surface area contributed by atoms with Gasteiger partial charge in [0.1, 0.15) is 5.82 Å². The van der Waals surface area contributed by atoms with E-state index < -0.39 is 0 Å². The second kappa shape index (κ2) is 4.40. The molecule has 1 aromatic carbocycles. The molecule has 0 aliphatic heterocycles. The molecule has 0 N–H and O–H groups in total.